The van der Waals surface area contributed by atoms with Crippen LogP contribution in [0.3, 0.4) is 0 Å². The minimum atomic E-state index is -0.624. The van der Waals surface area contributed by atoms with Gasteiger partial charge in [0.2, 0.25) is 11.8 Å². The summed E-state index contributed by atoms with van der Waals surface area (Å²) < 4.78 is 19.9. The van der Waals surface area contributed by atoms with Crippen LogP contribution >= 0.6 is 0 Å². The van der Waals surface area contributed by atoms with Gasteiger partial charge in [-0.3, -0.25) is 9.59 Å². The summed E-state index contributed by atoms with van der Waals surface area (Å²) in [5.41, 5.74) is 2.45. The fraction of sp³-hybridized carbons (Fsp3) is 0.364. The Labute approximate surface area is 163 Å². The predicted molar refractivity (Wildman–Crippen MR) is 103 cm³/mol. The van der Waals surface area contributed by atoms with Gasteiger partial charge in [-0.25, -0.2) is 4.39 Å². The van der Waals surface area contributed by atoms with Crippen molar-refractivity contribution in [1.29, 1.82) is 0 Å². The van der Waals surface area contributed by atoms with E-state index in [0.717, 1.165) is 30.4 Å². The third-order valence-corrected chi connectivity index (χ3v) is 5.50. The van der Waals surface area contributed by atoms with Gasteiger partial charge in [-0.2, -0.15) is 0 Å². The molecular weight excluding hydrogens is 359 g/mol. The van der Waals surface area contributed by atoms with E-state index >= 15 is 0 Å². The number of anilines is 1. The van der Waals surface area contributed by atoms with Crippen molar-refractivity contribution in [2.24, 2.45) is 0 Å². The molecule has 0 bridgehead atoms. The molecule has 1 fully saturated rings. The van der Waals surface area contributed by atoms with E-state index in [-0.39, 0.29) is 23.7 Å². The molecular formula is C22H23FN2O3. The standard InChI is InChI=1S/C22H23FN2O3/c1-14(26)25-13-16-6-3-2-5-15(16)11-20(25)22(27)24-17-9-10-21(19(23)12-17)28-18-7-4-8-18/h2-3,5-6,9-10,12,18,20H,4,7-8,11,13H2,1H3,(H,24,27). The lowest BCUT2D eigenvalue weighted by Gasteiger charge is -2.35. The van der Waals surface area contributed by atoms with Crippen molar-refractivity contribution >= 4 is 17.5 Å². The van der Waals surface area contributed by atoms with Gasteiger partial charge in [-0.15, -0.1) is 0 Å². The van der Waals surface area contributed by atoms with E-state index in [9.17, 15) is 14.0 Å². The molecule has 1 heterocycles. The minimum absolute atomic E-state index is 0.0846. The summed E-state index contributed by atoms with van der Waals surface area (Å²) in [7, 11) is 0. The molecule has 2 amide bonds. The van der Waals surface area contributed by atoms with E-state index in [2.05, 4.69) is 5.32 Å². The summed E-state index contributed by atoms with van der Waals surface area (Å²) in [4.78, 5) is 26.5. The van der Waals surface area contributed by atoms with Crippen LogP contribution in [-0.4, -0.2) is 28.9 Å². The zero-order valence-corrected chi connectivity index (χ0v) is 15.8. The van der Waals surface area contributed by atoms with Crippen molar-refractivity contribution in [3.05, 3.63) is 59.4 Å². The smallest absolute Gasteiger partial charge is 0.247 e. The molecule has 5 nitrogen and oxygen atoms in total. The van der Waals surface area contributed by atoms with Gasteiger partial charge in [0.05, 0.1) is 6.10 Å². The molecule has 1 aliphatic carbocycles. The van der Waals surface area contributed by atoms with Crippen LogP contribution in [0.15, 0.2) is 42.5 Å². The average molecular weight is 382 g/mol. The van der Waals surface area contributed by atoms with Crippen LogP contribution in [0.2, 0.25) is 0 Å². The Hall–Kier alpha value is -2.89. The monoisotopic (exact) mass is 382 g/mol. The maximum atomic E-state index is 14.3. The molecule has 2 aromatic rings. The molecule has 28 heavy (non-hydrogen) atoms. The van der Waals surface area contributed by atoms with E-state index in [0.29, 0.717) is 18.7 Å². The maximum Gasteiger partial charge on any atom is 0.247 e. The molecule has 1 aliphatic heterocycles. The Bertz CT molecular complexity index is 910. The molecule has 6 heteroatoms. The number of halogens is 1. The Morgan fingerprint density at radius 2 is 1.89 bits per heavy atom. The molecule has 0 radical (unpaired) electrons. The van der Waals surface area contributed by atoms with Crippen molar-refractivity contribution in [3.8, 4) is 5.75 Å². The first-order chi connectivity index (χ1) is 13.5. The molecule has 1 unspecified atom stereocenters. The van der Waals surface area contributed by atoms with E-state index in [1.807, 2.05) is 24.3 Å². The topological polar surface area (TPSA) is 58.6 Å². The first-order valence-corrected chi connectivity index (χ1v) is 9.62. The van der Waals surface area contributed by atoms with Crippen LogP contribution in [-0.2, 0) is 22.6 Å². The highest BCUT2D eigenvalue weighted by Gasteiger charge is 2.33. The van der Waals surface area contributed by atoms with Gasteiger partial charge in [-0.1, -0.05) is 24.3 Å². The predicted octanol–water partition coefficient (Wildman–Crippen LogP) is 3.67. The molecule has 1 saturated carbocycles. The fourth-order valence-corrected chi connectivity index (χ4v) is 3.66. The Morgan fingerprint density at radius 1 is 1.14 bits per heavy atom. The van der Waals surface area contributed by atoms with E-state index < -0.39 is 11.9 Å². The number of carbonyl (C=O) groups excluding carboxylic acids is 2. The lowest BCUT2D eigenvalue weighted by Crippen LogP contribution is -2.49. The summed E-state index contributed by atoms with van der Waals surface area (Å²) in [5, 5.41) is 2.75. The quantitative estimate of drug-likeness (QED) is 0.878. The van der Waals surface area contributed by atoms with Gasteiger partial charge in [0.1, 0.15) is 6.04 Å². The van der Waals surface area contributed by atoms with Gasteiger partial charge in [0.25, 0.3) is 0 Å². The van der Waals surface area contributed by atoms with Crippen molar-refractivity contribution in [1.82, 2.24) is 4.90 Å². The number of carbonyl (C=O) groups is 2. The molecule has 1 atom stereocenters. The highest BCUT2D eigenvalue weighted by molar-refractivity contribution is 5.97. The number of hydrogen-bond donors (Lipinski definition) is 1. The van der Waals surface area contributed by atoms with Crippen LogP contribution in [0, 0.1) is 5.82 Å². The Balaban J connectivity index is 1.49. The maximum absolute atomic E-state index is 14.3. The number of ether oxygens (including phenoxy) is 1. The molecule has 2 aliphatic rings. The van der Waals surface area contributed by atoms with Gasteiger partial charge >= 0.3 is 0 Å². The molecule has 4 rings (SSSR count). The number of hydrogen-bond acceptors (Lipinski definition) is 3. The van der Waals surface area contributed by atoms with Crippen LogP contribution < -0.4 is 10.1 Å². The lowest BCUT2D eigenvalue weighted by molar-refractivity contribution is -0.138. The number of benzene rings is 2. The zero-order valence-electron chi connectivity index (χ0n) is 15.8. The van der Waals surface area contributed by atoms with Crippen molar-refractivity contribution < 1.29 is 18.7 Å². The first kappa shape index (κ1) is 18.5. The first-order valence-electron chi connectivity index (χ1n) is 9.62. The second-order valence-corrected chi connectivity index (χ2v) is 7.44. The van der Waals surface area contributed by atoms with Crippen molar-refractivity contribution in [2.75, 3.05) is 5.32 Å². The molecule has 0 spiro atoms. The van der Waals surface area contributed by atoms with Crippen molar-refractivity contribution in [3.63, 3.8) is 0 Å². The van der Waals surface area contributed by atoms with E-state index in [4.69, 9.17) is 4.74 Å². The number of amides is 2. The van der Waals surface area contributed by atoms with Crippen LogP contribution in [0.1, 0.15) is 37.3 Å². The normalized spacial score (nSPS) is 18.8. The van der Waals surface area contributed by atoms with Gasteiger partial charge in [-0.05, 0) is 42.5 Å². The van der Waals surface area contributed by atoms with Gasteiger partial charge < -0.3 is 15.0 Å². The minimum Gasteiger partial charge on any atom is -0.487 e. The summed E-state index contributed by atoms with van der Waals surface area (Å²) in [5.74, 6) is -0.774. The number of fused-ring (bicyclic) bond motifs is 1. The van der Waals surface area contributed by atoms with E-state index in [1.165, 1.54) is 13.0 Å². The van der Waals surface area contributed by atoms with Crippen molar-refractivity contribution in [2.45, 2.75) is 51.3 Å². The highest BCUT2D eigenvalue weighted by atomic mass is 19.1. The van der Waals surface area contributed by atoms with E-state index in [1.54, 1.807) is 17.0 Å². The summed E-state index contributed by atoms with van der Waals surface area (Å²) in [6, 6.07) is 11.6. The lowest BCUT2D eigenvalue weighted by atomic mass is 9.93. The third kappa shape index (κ3) is 3.72. The molecule has 1 N–H and O–H groups in total. The SMILES string of the molecule is CC(=O)N1Cc2ccccc2CC1C(=O)Nc1ccc(OC2CCC2)c(F)c1. The molecule has 0 aromatic heterocycles. The number of nitrogens with one attached hydrogen (secondary N) is 1. The Morgan fingerprint density at radius 3 is 2.54 bits per heavy atom. The second-order valence-electron chi connectivity index (χ2n) is 7.44. The van der Waals surface area contributed by atoms with Crippen LogP contribution in [0.5, 0.6) is 5.75 Å². The van der Waals surface area contributed by atoms with Crippen LogP contribution in [0.25, 0.3) is 0 Å². The van der Waals surface area contributed by atoms with Gasteiger partial charge in [0, 0.05) is 31.6 Å². The molecule has 0 saturated heterocycles. The molecule has 2 aromatic carbocycles. The number of rotatable bonds is 4. The fourth-order valence-electron chi connectivity index (χ4n) is 3.66. The highest BCUT2D eigenvalue weighted by Crippen LogP contribution is 2.29. The average Bonchev–Trinajstić information content (AvgIpc) is 2.64. The zero-order chi connectivity index (χ0) is 19.7. The number of nitrogens with zero attached hydrogens (tertiary/aromatic N) is 1. The Kier molecular flexibility index (Phi) is 5.03. The molecule has 146 valence electrons. The summed E-state index contributed by atoms with van der Waals surface area (Å²) in [6.07, 6.45) is 3.52. The third-order valence-electron chi connectivity index (χ3n) is 5.50. The van der Waals surface area contributed by atoms with Crippen LogP contribution in [0.4, 0.5) is 10.1 Å². The second kappa shape index (κ2) is 7.62. The summed E-state index contributed by atoms with van der Waals surface area (Å²) in [6.45, 7) is 1.85. The summed E-state index contributed by atoms with van der Waals surface area (Å²) >= 11 is 0. The largest absolute Gasteiger partial charge is 0.487 e. The van der Waals surface area contributed by atoms with Gasteiger partial charge in [0.15, 0.2) is 11.6 Å².